The fourth-order valence-electron chi connectivity index (χ4n) is 2.63. The van der Waals surface area contributed by atoms with Gasteiger partial charge < -0.3 is 9.84 Å². The van der Waals surface area contributed by atoms with Crippen LogP contribution in [0.15, 0.2) is 29.6 Å². The second kappa shape index (κ2) is 6.68. The molecule has 1 saturated heterocycles. The maximum Gasteiger partial charge on any atom is 0.0793 e. The Morgan fingerprint density at radius 3 is 2.95 bits per heavy atom. The molecule has 3 rings (SSSR count). The Hall–Kier alpha value is -0.940. The Labute approximate surface area is 123 Å². The van der Waals surface area contributed by atoms with Crippen molar-refractivity contribution in [3.63, 3.8) is 0 Å². The summed E-state index contributed by atoms with van der Waals surface area (Å²) in [5.74, 6) is 0. The molecule has 0 radical (unpaired) electrons. The van der Waals surface area contributed by atoms with Gasteiger partial charge >= 0.3 is 0 Å². The first-order valence-corrected chi connectivity index (χ1v) is 8.14. The molecular formula is C16H21NO2S. The van der Waals surface area contributed by atoms with Gasteiger partial charge in [-0.1, -0.05) is 18.2 Å². The molecule has 3 nitrogen and oxygen atoms in total. The van der Waals surface area contributed by atoms with Crippen molar-refractivity contribution in [3.8, 4) is 0 Å². The molecule has 0 saturated carbocycles. The van der Waals surface area contributed by atoms with Crippen LogP contribution in [0.4, 0.5) is 0 Å². The molecule has 0 aliphatic carbocycles. The van der Waals surface area contributed by atoms with Crippen molar-refractivity contribution in [2.45, 2.75) is 18.9 Å². The zero-order chi connectivity index (χ0) is 13.8. The smallest absolute Gasteiger partial charge is 0.0793 e. The Bertz CT molecular complexity index is 548. The zero-order valence-electron chi connectivity index (χ0n) is 11.6. The van der Waals surface area contributed by atoms with Crippen molar-refractivity contribution in [2.75, 3.05) is 32.8 Å². The summed E-state index contributed by atoms with van der Waals surface area (Å²) in [6.45, 7) is 4.32. The number of hydrogen-bond acceptors (Lipinski definition) is 4. The Morgan fingerprint density at radius 2 is 2.10 bits per heavy atom. The molecule has 0 amide bonds. The molecule has 2 aromatic rings. The lowest BCUT2D eigenvalue weighted by molar-refractivity contribution is -0.00304. The molecule has 1 aromatic carbocycles. The number of ether oxygens (including phenoxy) is 1. The van der Waals surface area contributed by atoms with Crippen LogP contribution < -0.4 is 0 Å². The largest absolute Gasteiger partial charge is 0.390 e. The van der Waals surface area contributed by atoms with Crippen molar-refractivity contribution in [3.05, 3.63) is 35.2 Å². The zero-order valence-corrected chi connectivity index (χ0v) is 12.4. The summed E-state index contributed by atoms with van der Waals surface area (Å²) in [6, 6.07) is 8.55. The number of rotatable bonds is 7. The van der Waals surface area contributed by atoms with Crippen molar-refractivity contribution < 1.29 is 9.84 Å². The molecule has 1 N–H and O–H groups in total. The van der Waals surface area contributed by atoms with Crippen LogP contribution >= 0.6 is 11.3 Å². The number of thiophene rings is 1. The van der Waals surface area contributed by atoms with Gasteiger partial charge in [0.1, 0.15) is 0 Å². The quantitative estimate of drug-likeness (QED) is 0.796. The summed E-state index contributed by atoms with van der Waals surface area (Å²) in [5, 5.41) is 12.8. The molecular weight excluding hydrogens is 270 g/mol. The third-order valence-electron chi connectivity index (χ3n) is 3.78. The fraction of sp³-hybridized carbons (Fsp3) is 0.500. The van der Waals surface area contributed by atoms with E-state index in [0.29, 0.717) is 0 Å². The molecule has 0 spiro atoms. The van der Waals surface area contributed by atoms with Gasteiger partial charge in [-0.05, 0) is 35.2 Å². The number of likely N-dealkylation sites (tertiary alicyclic amines) is 1. The third-order valence-corrected chi connectivity index (χ3v) is 4.79. The van der Waals surface area contributed by atoms with E-state index < -0.39 is 0 Å². The maximum atomic E-state index is 9.18. The fourth-order valence-corrected chi connectivity index (χ4v) is 3.62. The monoisotopic (exact) mass is 291 g/mol. The minimum atomic E-state index is -0.0946. The minimum Gasteiger partial charge on any atom is -0.390 e. The average Bonchev–Trinajstić information content (AvgIpc) is 2.84. The summed E-state index contributed by atoms with van der Waals surface area (Å²) >= 11 is 1.81. The van der Waals surface area contributed by atoms with Gasteiger partial charge in [-0.15, -0.1) is 11.3 Å². The molecule has 1 aromatic heterocycles. The van der Waals surface area contributed by atoms with E-state index in [2.05, 4.69) is 34.5 Å². The highest BCUT2D eigenvalue weighted by Crippen LogP contribution is 2.25. The summed E-state index contributed by atoms with van der Waals surface area (Å²) in [4.78, 5) is 2.26. The van der Waals surface area contributed by atoms with E-state index >= 15 is 0 Å². The van der Waals surface area contributed by atoms with Gasteiger partial charge in [-0.3, -0.25) is 4.90 Å². The standard InChI is InChI=1S/C16H21NO2S/c18-14-10-17(11-14)7-3-8-19-9-6-13-12-20-16-5-2-1-4-15(13)16/h1-2,4-5,12,14,18H,3,6-11H2. The molecule has 20 heavy (non-hydrogen) atoms. The van der Waals surface area contributed by atoms with Crippen LogP contribution in [0.3, 0.4) is 0 Å². The van der Waals surface area contributed by atoms with Crippen LogP contribution in [0.25, 0.3) is 10.1 Å². The van der Waals surface area contributed by atoms with E-state index in [0.717, 1.165) is 45.7 Å². The first kappa shape index (κ1) is 14.0. The highest BCUT2D eigenvalue weighted by molar-refractivity contribution is 7.17. The molecule has 1 fully saturated rings. The van der Waals surface area contributed by atoms with Gasteiger partial charge in [-0.25, -0.2) is 0 Å². The maximum absolute atomic E-state index is 9.18. The lowest BCUT2D eigenvalue weighted by atomic mass is 10.1. The summed E-state index contributed by atoms with van der Waals surface area (Å²) in [5.41, 5.74) is 1.40. The van der Waals surface area contributed by atoms with E-state index in [1.165, 1.54) is 15.6 Å². The van der Waals surface area contributed by atoms with Crippen LogP contribution in [0.2, 0.25) is 0 Å². The number of fused-ring (bicyclic) bond motifs is 1. The van der Waals surface area contributed by atoms with Gasteiger partial charge in [0.05, 0.1) is 12.7 Å². The molecule has 1 aliphatic heterocycles. The van der Waals surface area contributed by atoms with Crippen LogP contribution in [0.5, 0.6) is 0 Å². The summed E-state index contributed by atoms with van der Waals surface area (Å²) in [7, 11) is 0. The first-order valence-electron chi connectivity index (χ1n) is 7.26. The Morgan fingerprint density at radius 1 is 1.25 bits per heavy atom. The van der Waals surface area contributed by atoms with E-state index in [4.69, 9.17) is 4.74 Å². The minimum absolute atomic E-state index is 0.0946. The third kappa shape index (κ3) is 3.38. The van der Waals surface area contributed by atoms with Crippen molar-refractivity contribution in [2.24, 2.45) is 0 Å². The highest BCUT2D eigenvalue weighted by Gasteiger charge is 2.22. The normalized spacial score (nSPS) is 16.6. The van der Waals surface area contributed by atoms with Gasteiger partial charge in [0.2, 0.25) is 0 Å². The summed E-state index contributed by atoms with van der Waals surface area (Å²) in [6.07, 6.45) is 1.95. The number of benzene rings is 1. The molecule has 108 valence electrons. The SMILES string of the molecule is OC1CN(CCCOCCc2csc3ccccc23)C1. The molecule has 1 aliphatic rings. The second-order valence-electron chi connectivity index (χ2n) is 5.39. The molecule has 0 unspecified atom stereocenters. The van der Waals surface area contributed by atoms with Crippen molar-refractivity contribution in [1.29, 1.82) is 0 Å². The Kier molecular flexibility index (Phi) is 4.68. The second-order valence-corrected chi connectivity index (χ2v) is 6.30. The lowest BCUT2D eigenvalue weighted by Crippen LogP contribution is -2.50. The average molecular weight is 291 g/mol. The summed E-state index contributed by atoms with van der Waals surface area (Å²) < 4.78 is 7.08. The van der Waals surface area contributed by atoms with E-state index in [-0.39, 0.29) is 6.10 Å². The topological polar surface area (TPSA) is 32.7 Å². The number of nitrogens with zero attached hydrogens (tertiary/aromatic N) is 1. The van der Waals surface area contributed by atoms with Gasteiger partial charge in [0.25, 0.3) is 0 Å². The van der Waals surface area contributed by atoms with E-state index in [1.54, 1.807) is 0 Å². The van der Waals surface area contributed by atoms with Crippen LogP contribution in [0, 0.1) is 0 Å². The molecule has 0 atom stereocenters. The van der Waals surface area contributed by atoms with Gasteiger partial charge in [-0.2, -0.15) is 0 Å². The van der Waals surface area contributed by atoms with E-state index in [1.807, 2.05) is 11.3 Å². The number of hydrogen-bond donors (Lipinski definition) is 1. The molecule has 4 heteroatoms. The van der Waals surface area contributed by atoms with Gasteiger partial charge in [0.15, 0.2) is 0 Å². The van der Waals surface area contributed by atoms with E-state index in [9.17, 15) is 5.11 Å². The Balaban J connectivity index is 1.33. The van der Waals surface area contributed by atoms with Crippen molar-refractivity contribution >= 4 is 21.4 Å². The van der Waals surface area contributed by atoms with Crippen molar-refractivity contribution in [1.82, 2.24) is 4.90 Å². The van der Waals surface area contributed by atoms with Crippen LogP contribution in [-0.4, -0.2) is 49.0 Å². The van der Waals surface area contributed by atoms with Crippen LogP contribution in [0.1, 0.15) is 12.0 Å². The first-order chi connectivity index (χ1) is 9.83. The van der Waals surface area contributed by atoms with Crippen LogP contribution in [-0.2, 0) is 11.2 Å². The predicted octanol–water partition coefficient (Wildman–Crippen LogP) is 2.53. The van der Waals surface area contributed by atoms with Gasteiger partial charge in [0, 0.05) is 30.9 Å². The molecule has 2 heterocycles. The number of aliphatic hydroxyl groups excluding tert-OH is 1. The molecule has 0 bridgehead atoms. The number of β-amino-alcohol motifs (C(OH)–C–C–N with tert-alkyl or cyclic N) is 1. The lowest BCUT2D eigenvalue weighted by Gasteiger charge is -2.35. The number of aliphatic hydroxyl groups is 1. The predicted molar refractivity (Wildman–Crippen MR) is 83.4 cm³/mol. The highest BCUT2D eigenvalue weighted by atomic mass is 32.1.